The van der Waals surface area contributed by atoms with E-state index in [2.05, 4.69) is 9.97 Å². The number of halogens is 4. The minimum Gasteiger partial charge on any atom is -0.477 e. The fourth-order valence-corrected chi connectivity index (χ4v) is 1.69. The van der Waals surface area contributed by atoms with E-state index in [9.17, 15) is 18.0 Å². The van der Waals surface area contributed by atoms with Gasteiger partial charge in [0.05, 0.1) is 11.3 Å². The van der Waals surface area contributed by atoms with Crippen molar-refractivity contribution in [1.29, 1.82) is 0 Å². The Bertz CT molecular complexity index is 663. The molecule has 0 fully saturated rings. The third kappa shape index (κ3) is 4.73. The number of carbonyl (C=O) groups is 1. The van der Waals surface area contributed by atoms with Gasteiger partial charge in [-0.3, -0.25) is 0 Å². The van der Waals surface area contributed by atoms with E-state index >= 15 is 0 Å². The summed E-state index contributed by atoms with van der Waals surface area (Å²) in [6, 6.07) is 5.27. The number of rotatable bonds is 2. The third-order valence-electron chi connectivity index (χ3n) is 2.43. The van der Waals surface area contributed by atoms with Crippen molar-refractivity contribution in [3.05, 3.63) is 46.9 Å². The topological polar surface area (TPSA) is 63.1 Å². The van der Waals surface area contributed by atoms with Crippen LogP contribution in [0.2, 0.25) is 5.28 Å². The molecule has 105 valence electrons. The van der Waals surface area contributed by atoms with E-state index < -0.39 is 17.7 Å². The van der Waals surface area contributed by atoms with Crippen LogP contribution in [0.5, 0.6) is 0 Å². The van der Waals surface area contributed by atoms with Crippen molar-refractivity contribution in [1.82, 2.24) is 9.97 Å². The number of hydrogen-bond acceptors (Lipinski definition) is 3. The van der Waals surface area contributed by atoms with Gasteiger partial charge in [-0.25, -0.2) is 14.8 Å². The van der Waals surface area contributed by atoms with Crippen molar-refractivity contribution in [2.45, 2.75) is 6.18 Å². The summed E-state index contributed by atoms with van der Waals surface area (Å²) >= 11 is 5.58. The second-order valence-corrected chi connectivity index (χ2v) is 4.13. The van der Waals surface area contributed by atoms with Crippen molar-refractivity contribution in [3.63, 3.8) is 0 Å². The van der Waals surface area contributed by atoms with Crippen LogP contribution in [0.3, 0.4) is 0 Å². The standard InChI is InChI=1S/C12H6ClF3N2O2.K/c13-11-17-8(5-9(18-11)10(19)20)6-1-3-7(4-2-6)12(14,15)16;/h1-5H,(H,19,20);. The van der Waals surface area contributed by atoms with Crippen LogP contribution in [-0.4, -0.2) is 72.4 Å². The molecule has 9 heteroatoms. The predicted molar refractivity (Wildman–Crippen MR) is 70.2 cm³/mol. The Morgan fingerprint density at radius 1 is 1.14 bits per heavy atom. The molecule has 1 radical (unpaired) electrons. The molecular weight excluding hydrogens is 336 g/mol. The number of benzene rings is 1. The molecule has 1 aromatic carbocycles. The molecule has 21 heavy (non-hydrogen) atoms. The summed E-state index contributed by atoms with van der Waals surface area (Å²) in [6.07, 6.45) is -4.44. The molecule has 4 nitrogen and oxygen atoms in total. The van der Waals surface area contributed by atoms with Crippen molar-refractivity contribution in [2.75, 3.05) is 0 Å². The molecule has 0 aliphatic heterocycles. The van der Waals surface area contributed by atoms with Gasteiger partial charge in [-0.15, -0.1) is 0 Å². The molecule has 0 aliphatic rings. The Morgan fingerprint density at radius 2 is 1.71 bits per heavy atom. The Labute approximate surface area is 164 Å². The molecular formula is C12H6ClF3KN2O2. The number of carboxylic acid groups (broad SMARTS) is 1. The number of aromatic carboxylic acids is 1. The van der Waals surface area contributed by atoms with Gasteiger partial charge < -0.3 is 5.11 Å². The second-order valence-electron chi connectivity index (χ2n) is 3.79. The largest absolute Gasteiger partial charge is 0.477 e. The Morgan fingerprint density at radius 3 is 2.19 bits per heavy atom. The zero-order chi connectivity index (χ0) is 14.9. The van der Waals surface area contributed by atoms with E-state index in [1.165, 1.54) is 12.1 Å². The first-order valence-corrected chi connectivity index (χ1v) is 5.60. The van der Waals surface area contributed by atoms with E-state index in [0.29, 0.717) is 5.56 Å². The van der Waals surface area contributed by atoms with Gasteiger partial charge in [0.25, 0.3) is 0 Å². The van der Waals surface area contributed by atoms with Gasteiger partial charge >= 0.3 is 12.1 Å². The van der Waals surface area contributed by atoms with Crippen LogP contribution >= 0.6 is 11.6 Å². The maximum atomic E-state index is 12.4. The molecule has 2 rings (SSSR count). The van der Waals surface area contributed by atoms with Gasteiger partial charge in [-0.05, 0) is 29.8 Å². The van der Waals surface area contributed by atoms with Gasteiger partial charge in [0.15, 0.2) is 5.69 Å². The first-order valence-electron chi connectivity index (χ1n) is 5.23. The molecule has 0 saturated carbocycles. The SMILES string of the molecule is O=C(O)c1cc(-c2ccc(C(F)(F)F)cc2)nc(Cl)n1.[K]. The second kappa shape index (κ2) is 7.17. The minimum absolute atomic E-state index is 0. The Kier molecular flexibility index (Phi) is 6.32. The van der Waals surface area contributed by atoms with E-state index in [4.69, 9.17) is 16.7 Å². The fourth-order valence-electron chi connectivity index (χ4n) is 1.51. The van der Waals surface area contributed by atoms with Crippen molar-refractivity contribution < 1.29 is 23.1 Å². The van der Waals surface area contributed by atoms with Gasteiger partial charge in [0.1, 0.15) is 0 Å². The van der Waals surface area contributed by atoms with E-state index in [1.54, 1.807) is 0 Å². The van der Waals surface area contributed by atoms with Crippen LogP contribution in [0.25, 0.3) is 11.3 Å². The van der Waals surface area contributed by atoms with Crippen LogP contribution in [0.1, 0.15) is 16.1 Å². The molecule has 1 N–H and O–H groups in total. The van der Waals surface area contributed by atoms with E-state index in [-0.39, 0.29) is 68.1 Å². The normalized spacial score (nSPS) is 10.9. The average Bonchev–Trinajstić information content (AvgIpc) is 2.37. The minimum atomic E-state index is -4.44. The number of aromatic nitrogens is 2. The molecule has 0 saturated heterocycles. The van der Waals surface area contributed by atoms with Crippen LogP contribution in [-0.2, 0) is 6.18 Å². The van der Waals surface area contributed by atoms with Crippen LogP contribution in [0.4, 0.5) is 13.2 Å². The summed E-state index contributed by atoms with van der Waals surface area (Å²) in [4.78, 5) is 18.1. The number of hydrogen-bond donors (Lipinski definition) is 1. The smallest absolute Gasteiger partial charge is 0.416 e. The molecule has 0 unspecified atom stereocenters. The van der Waals surface area contributed by atoms with Crippen LogP contribution in [0, 0.1) is 0 Å². The first kappa shape index (κ1) is 18.5. The Balaban J connectivity index is 0.00000220. The summed E-state index contributed by atoms with van der Waals surface area (Å²) in [7, 11) is 0. The van der Waals surface area contributed by atoms with Gasteiger partial charge in [0.2, 0.25) is 5.28 Å². The van der Waals surface area contributed by atoms with Crippen LogP contribution in [0.15, 0.2) is 30.3 Å². The molecule has 0 bridgehead atoms. The summed E-state index contributed by atoms with van der Waals surface area (Å²) in [6.45, 7) is 0. The van der Waals surface area contributed by atoms with Crippen molar-refractivity contribution in [2.24, 2.45) is 0 Å². The molecule has 0 atom stereocenters. The zero-order valence-corrected chi connectivity index (χ0v) is 14.5. The van der Waals surface area contributed by atoms with Gasteiger partial charge in [-0.1, -0.05) is 12.1 Å². The van der Waals surface area contributed by atoms with Gasteiger partial charge in [-0.2, -0.15) is 13.2 Å². The molecule has 1 aromatic heterocycles. The van der Waals surface area contributed by atoms with Crippen LogP contribution < -0.4 is 0 Å². The van der Waals surface area contributed by atoms with E-state index in [1.807, 2.05) is 0 Å². The average molecular weight is 342 g/mol. The number of alkyl halides is 3. The number of carboxylic acids is 1. The summed E-state index contributed by atoms with van der Waals surface area (Å²) in [5, 5.41) is 8.54. The third-order valence-corrected chi connectivity index (χ3v) is 2.59. The first-order chi connectivity index (χ1) is 9.27. The van der Waals surface area contributed by atoms with Gasteiger partial charge in [0, 0.05) is 56.9 Å². The Hall–Kier alpha value is -0.514. The molecule has 1 heterocycles. The van der Waals surface area contributed by atoms with Crippen molar-refractivity contribution in [3.8, 4) is 11.3 Å². The number of nitrogens with zero attached hydrogens (tertiary/aromatic N) is 2. The quantitative estimate of drug-likeness (QED) is 0.673. The maximum absolute atomic E-state index is 12.4. The molecule has 0 amide bonds. The monoisotopic (exact) mass is 341 g/mol. The molecule has 0 aliphatic carbocycles. The summed E-state index contributed by atoms with van der Waals surface area (Å²) in [5.41, 5.74) is -0.694. The zero-order valence-electron chi connectivity index (χ0n) is 10.6. The fraction of sp³-hybridized carbons (Fsp3) is 0.0833. The molecule has 2 aromatic rings. The van der Waals surface area contributed by atoms with Crippen molar-refractivity contribution >= 4 is 69.0 Å². The molecule has 0 spiro atoms. The predicted octanol–water partition coefficient (Wildman–Crippen LogP) is 3.13. The summed E-state index contributed by atoms with van der Waals surface area (Å²) < 4.78 is 37.3. The summed E-state index contributed by atoms with van der Waals surface area (Å²) in [5.74, 6) is -1.30. The maximum Gasteiger partial charge on any atom is 0.416 e. The van der Waals surface area contributed by atoms with E-state index in [0.717, 1.165) is 18.2 Å².